The summed E-state index contributed by atoms with van der Waals surface area (Å²) in [5.74, 6) is -1.59. The minimum Gasteiger partial charge on any atom is -0.478 e. The zero-order valence-electron chi connectivity index (χ0n) is 10.9. The second-order valence-electron chi connectivity index (χ2n) is 4.32. The highest BCUT2D eigenvalue weighted by atomic mass is 32.1. The van der Waals surface area contributed by atoms with Gasteiger partial charge in [-0.15, -0.1) is 0 Å². The molecule has 0 aliphatic carbocycles. The predicted molar refractivity (Wildman–Crippen MR) is 77.0 cm³/mol. The standard InChI is InChI=1S/C13H10N4O3S/c1-7-10(13(19)20)12(21-16-7)15-11(18)8-6-17-5-3-2-4-9(17)14-8/h2-6H,1H3,(H,15,18)(H,19,20). The molecule has 0 spiro atoms. The number of carboxylic acids is 1. The largest absolute Gasteiger partial charge is 0.478 e. The Kier molecular flexibility index (Phi) is 3.15. The van der Waals surface area contributed by atoms with Gasteiger partial charge >= 0.3 is 5.97 Å². The van der Waals surface area contributed by atoms with Crippen molar-refractivity contribution >= 4 is 34.1 Å². The van der Waals surface area contributed by atoms with Crippen molar-refractivity contribution in [3.63, 3.8) is 0 Å². The normalized spacial score (nSPS) is 10.7. The van der Waals surface area contributed by atoms with Crippen molar-refractivity contribution in [2.24, 2.45) is 0 Å². The minimum atomic E-state index is -1.12. The van der Waals surface area contributed by atoms with Crippen LogP contribution in [0.3, 0.4) is 0 Å². The number of nitrogens with one attached hydrogen (secondary N) is 1. The topological polar surface area (TPSA) is 96.6 Å². The fraction of sp³-hybridized carbons (Fsp3) is 0.0769. The molecule has 7 nitrogen and oxygen atoms in total. The molecule has 8 heteroatoms. The van der Waals surface area contributed by atoms with Crippen LogP contribution in [0.5, 0.6) is 0 Å². The Balaban J connectivity index is 1.91. The van der Waals surface area contributed by atoms with Crippen LogP contribution in [-0.4, -0.2) is 30.7 Å². The minimum absolute atomic E-state index is 0.0112. The van der Waals surface area contributed by atoms with E-state index in [-0.39, 0.29) is 16.3 Å². The summed E-state index contributed by atoms with van der Waals surface area (Å²) in [6.07, 6.45) is 3.36. The van der Waals surface area contributed by atoms with Gasteiger partial charge in [0.1, 0.15) is 21.9 Å². The molecular formula is C13H10N4O3S. The molecule has 0 bridgehead atoms. The van der Waals surface area contributed by atoms with Gasteiger partial charge in [0.2, 0.25) is 0 Å². The summed E-state index contributed by atoms with van der Waals surface area (Å²) in [6.45, 7) is 1.58. The molecule has 2 N–H and O–H groups in total. The third-order valence-electron chi connectivity index (χ3n) is 2.90. The molecule has 3 aromatic heterocycles. The van der Waals surface area contributed by atoms with Gasteiger partial charge in [-0.1, -0.05) is 6.07 Å². The number of fused-ring (bicyclic) bond motifs is 1. The molecule has 0 saturated heterocycles. The molecule has 106 valence electrons. The number of anilines is 1. The summed E-state index contributed by atoms with van der Waals surface area (Å²) in [5, 5.41) is 11.9. The number of imidazole rings is 1. The molecule has 1 amide bonds. The lowest BCUT2D eigenvalue weighted by Crippen LogP contribution is -2.14. The maximum atomic E-state index is 12.2. The second-order valence-corrected chi connectivity index (χ2v) is 5.10. The molecule has 3 heterocycles. The molecule has 21 heavy (non-hydrogen) atoms. The smallest absolute Gasteiger partial charge is 0.340 e. The van der Waals surface area contributed by atoms with Gasteiger partial charge in [0, 0.05) is 12.4 Å². The number of aromatic nitrogens is 3. The van der Waals surface area contributed by atoms with Crippen molar-refractivity contribution in [3.05, 3.63) is 47.5 Å². The van der Waals surface area contributed by atoms with Crippen molar-refractivity contribution in [2.75, 3.05) is 5.32 Å². The maximum Gasteiger partial charge on any atom is 0.340 e. The lowest BCUT2D eigenvalue weighted by Gasteiger charge is -2.00. The van der Waals surface area contributed by atoms with Crippen LogP contribution in [-0.2, 0) is 0 Å². The summed E-state index contributed by atoms with van der Waals surface area (Å²) in [7, 11) is 0. The molecule has 0 aliphatic rings. The number of hydrogen-bond donors (Lipinski definition) is 2. The van der Waals surface area contributed by atoms with Crippen molar-refractivity contribution < 1.29 is 14.7 Å². The van der Waals surface area contributed by atoms with E-state index in [4.69, 9.17) is 5.11 Å². The van der Waals surface area contributed by atoms with E-state index in [9.17, 15) is 9.59 Å². The Bertz CT molecular complexity index is 819. The number of carbonyl (C=O) groups excluding carboxylic acids is 1. The van der Waals surface area contributed by atoms with Crippen LogP contribution in [0.25, 0.3) is 5.65 Å². The Morgan fingerprint density at radius 2 is 2.19 bits per heavy atom. The second kappa shape index (κ2) is 4.98. The maximum absolute atomic E-state index is 12.2. The van der Waals surface area contributed by atoms with Gasteiger partial charge < -0.3 is 14.8 Å². The summed E-state index contributed by atoms with van der Waals surface area (Å²) in [5.41, 5.74) is 1.24. The first-order valence-corrected chi connectivity index (χ1v) is 6.78. The third-order valence-corrected chi connectivity index (χ3v) is 3.75. The molecule has 0 saturated carbocycles. The predicted octanol–water partition coefficient (Wildman–Crippen LogP) is 2.05. The average Bonchev–Trinajstić information content (AvgIpc) is 3.02. The van der Waals surface area contributed by atoms with Gasteiger partial charge in [0.15, 0.2) is 0 Å². The molecular weight excluding hydrogens is 292 g/mol. The Morgan fingerprint density at radius 1 is 1.38 bits per heavy atom. The highest BCUT2D eigenvalue weighted by Gasteiger charge is 2.20. The van der Waals surface area contributed by atoms with E-state index in [2.05, 4.69) is 14.7 Å². The fourth-order valence-electron chi connectivity index (χ4n) is 1.92. The summed E-state index contributed by atoms with van der Waals surface area (Å²) in [6, 6.07) is 5.42. The highest BCUT2D eigenvalue weighted by Crippen LogP contribution is 2.24. The molecule has 0 radical (unpaired) electrons. The molecule has 0 atom stereocenters. The summed E-state index contributed by atoms with van der Waals surface area (Å²) < 4.78 is 5.66. The SMILES string of the molecule is Cc1nsc(NC(=O)c2cn3ccccc3n2)c1C(=O)O. The Morgan fingerprint density at radius 3 is 2.90 bits per heavy atom. The monoisotopic (exact) mass is 302 g/mol. The van der Waals surface area contributed by atoms with Gasteiger partial charge in [0.25, 0.3) is 5.91 Å². The Hall–Kier alpha value is -2.74. The molecule has 0 aromatic carbocycles. The van der Waals surface area contributed by atoms with Crippen LogP contribution < -0.4 is 5.32 Å². The number of amides is 1. The molecule has 0 unspecified atom stereocenters. The van der Waals surface area contributed by atoms with Crippen molar-refractivity contribution in [2.45, 2.75) is 6.92 Å². The van der Waals surface area contributed by atoms with Crippen LogP contribution in [0.4, 0.5) is 5.00 Å². The van der Waals surface area contributed by atoms with Crippen LogP contribution in [0.2, 0.25) is 0 Å². The number of carbonyl (C=O) groups is 2. The summed E-state index contributed by atoms with van der Waals surface area (Å²) >= 11 is 0.937. The van der Waals surface area contributed by atoms with E-state index < -0.39 is 11.9 Å². The number of nitrogens with zero attached hydrogens (tertiary/aromatic N) is 3. The number of aromatic carboxylic acids is 1. The number of rotatable bonds is 3. The highest BCUT2D eigenvalue weighted by molar-refractivity contribution is 7.11. The van der Waals surface area contributed by atoms with E-state index in [1.165, 1.54) is 0 Å². The van der Waals surface area contributed by atoms with Gasteiger partial charge in [0.05, 0.1) is 5.69 Å². The number of carboxylic acid groups (broad SMARTS) is 1. The zero-order valence-corrected chi connectivity index (χ0v) is 11.7. The zero-order chi connectivity index (χ0) is 15.0. The first-order valence-electron chi connectivity index (χ1n) is 6.01. The van der Waals surface area contributed by atoms with Crippen molar-refractivity contribution in [3.8, 4) is 0 Å². The van der Waals surface area contributed by atoms with E-state index in [1.54, 1.807) is 29.8 Å². The van der Waals surface area contributed by atoms with Crippen LogP contribution in [0.15, 0.2) is 30.6 Å². The lowest BCUT2D eigenvalue weighted by molar-refractivity contribution is 0.0697. The van der Waals surface area contributed by atoms with Gasteiger partial charge in [-0.05, 0) is 30.6 Å². The fourth-order valence-corrected chi connectivity index (χ4v) is 2.70. The first-order chi connectivity index (χ1) is 10.1. The lowest BCUT2D eigenvalue weighted by atomic mass is 10.2. The number of aryl methyl sites for hydroxylation is 1. The van der Waals surface area contributed by atoms with Crippen LogP contribution in [0, 0.1) is 6.92 Å². The third kappa shape index (κ3) is 2.36. The molecule has 3 rings (SSSR count). The molecule has 3 aromatic rings. The summed E-state index contributed by atoms with van der Waals surface area (Å²) in [4.78, 5) is 27.5. The molecule has 0 fully saturated rings. The first kappa shape index (κ1) is 13.3. The van der Waals surface area contributed by atoms with Crippen molar-refractivity contribution in [1.82, 2.24) is 13.8 Å². The van der Waals surface area contributed by atoms with E-state index in [0.717, 1.165) is 11.5 Å². The molecule has 0 aliphatic heterocycles. The van der Waals surface area contributed by atoms with Crippen LogP contribution in [0.1, 0.15) is 26.5 Å². The van der Waals surface area contributed by atoms with Crippen LogP contribution >= 0.6 is 11.5 Å². The van der Waals surface area contributed by atoms with Gasteiger partial charge in [-0.3, -0.25) is 4.79 Å². The Labute approximate surface area is 123 Å². The quantitative estimate of drug-likeness (QED) is 0.772. The van der Waals surface area contributed by atoms with Crippen molar-refractivity contribution in [1.29, 1.82) is 0 Å². The van der Waals surface area contributed by atoms with E-state index >= 15 is 0 Å². The number of pyridine rings is 1. The average molecular weight is 302 g/mol. The van der Waals surface area contributed by atoms with E-state index in [0.29, 0.717) is 11.3 Å². The van der Waals surface area contributed by atoms with Gasteiger partial charge in [-0.25, -0.2) is 9.78 Å². The number of hydrogen-bond acceptors (Lipinski definition) is 5. The van der Waals surface area contributed by atoms with E-state index in [1.807, 2.05) is 12.1 Å². The van der Waals surface area contributed by atoms with Gasteiger partial charge in [-0.2, -0.15) is 4.37 Å².